The number of anilines is 1. The van der Waals surface area contributed by atoms with Crippen LogP contribution in [-0.2, 0) is 12.4 Å². The van der Waals surface area contributed by atoms with Crippen LogP contribution in [0.4, 0.5) is 32.0 Å². The van der Waals surface area contributed by atoms with Crippen LogP contribution in [-0.4, -0.2) is 13.0 Å². The molecule has 186 valence electrons. The lowest BCUT2D eigenvalue weighted by atomic mass is 10.0. The number of hydrazine groups is 1. The van der Waals surface area contributed by atoms with Gasteiger partial charge in [0.15, 0.2) is 0 Å². The van der Waals surface area contributed by atoms with Gasteiger partial charge in [0.1, 0.15) is 5.82 Å². The van der Waals surface area contributed by atoms with Crippen LogP contribution in [0.15, 0.2) is 66.7 Å². The van der Waals surface area contributed by atoms with Gasteiger partial charge in [-0.1, -0.05) is 36.4 Å². The van der Waals surface area contributed by atoms with Crippen molar-refractivity contribution in [3.8, 4) is 0 Å². The minimum absolute atomic E-state index is 0. The van der Waals surface area contributed by atoms with Crippen LogP contribution < -0.4 is 31.9 Å². The quantitative estimate of drug-likeness (QED) is 0.412. The molecule has 4 N–H and O–H groups in total. The topological polar surface area (TPSA) is 65.2 Å². The number of carbonyl (C=O) groups is 1. The highest BCUT2D eigenvalue weighted by molar-refractivity contribution is 5.94. The van der Waals surface area contributed by atoms with Crippen LogP contribution in [0.25, 0.3) is 11.5 Å². The van der Waals surface area contributed by atoms with E-state index in [2.05, 4.69) is 21.5 Å². The average molecular weight is 496 g/mol. The summed E-state index contributed by atoms with van der Waals surface area (Å²) < 4.78 is 79.4. The molecule has 1 aliphatic heterocycles. The Bertz CT molecular complexity index is 1370. The van der Waals surface area contributed by atoms with Gasteiger partial charge >= 0.3 is 12.4 Å². The molecule has 0 radical (unpaired) electrons. The first kappa shape index (κ1) is 24.0. The zero-order chi connectivity index (χ0) is 25.4. The van der Waals surface area contributed by atoms with E-state index < -0.39 is 23.5 Å². The van der Waals surface area contributed by atoms with Crippen molar-refractivity contribution in [2.45, 2.75) is 12.4 Å². The summed E-state index contributed by atoms with van der Waals surface area (Å²) in [6.45, 7) is 0. The van der Waals surface area contributed by atoms with Gasteiger partial charge in [0.25, 0.3) is 5.91 Å². The van der Waals surface area contributed by atoms with Crippen molar-refractivity contribution < 1.29 is 34.0 Å². The van der Waals surface area contributed by atoms with Crippen molar-refractivity contribution >= 4 is 23.1 Å². The predicted octanol–water partition coefficient (Wildman–Crippen LogP) is 4.02. The van der Waals surface area contributed by atoms with Gasteiger partial charge in [-0.2, -0.15) is 26.3 Å². The van der Waals surface area contributed by atoms with Crippen LogP contribution in [0.5, 0.6) is 0 Å². The highest BCUT2D eigenvalue weighted by Gasteiger charge is 2.37. The summed E-state index contributed by atoms with van der Waals surface area (Å²) in [4.78, 5) is 11.8. The van der Waals surface area contributed by atoms with Gasteiger partial charge in [-0.15, -0.1) is 0 Å². The Morgan fingerprint density at radius 1 is 0.800 bits per heavy atom. The van der Waals surface area contributed by atoms with Crippen LogP contribution in [0.2, 0.25) is 0 Å². The number of fused-ring (bicyclic) bond motifs is 1. The Kier molecular flexibility index (Phi) is 6.10. The maximum absolute atomic E-state index is 13.2. The Hall–Kier alpha value is -4.15. The molecule has 3 aromatic carbocycles. The molecule has 11 heteroatoms. The van der Waals surface area contributed by atoms with E-state index in [0.717, 1.165) is 0 Å². The van der Waals surface area contributed by atoms with Crippen LogP contribution in [0.1, 0.15) is 29.9 Å². The first-order valence-corrected chi connectivity index (χ1v) is 10.2. The van der Waals surface area contributed by atoms with Crippen molar-refractivity contribution in [2.24, 2.45) is 0 Å². The lowest BCUT2D eigenvalue weighted by molar-refractivity contribution is -0.143. The number of hydrogen-bond donors (Lipinski definition) is 4. The molecule has 0 saturated carbocycles. The van der Waals surface area contributed by atoms with E-state index in [1.165, 1.54) is 7.05 Å². The predicted molar refractivity (Wildman–Crippen MR) is 122 cm³/mol. The molecule has 0 saturated heterocycles. The number of rotatable bonds is 4. The maximum atomic E-state index is 13.2. The van der Waals surface area contributed by atoms with Crippen LogP contribution >= 0.6 is 0 Å². The summed E-state index contributed by atoms with van der Waals surface area (Å²) in [5.41, 5.74) is 4.29. The summed E-state index contributed by atoms with van der Waals surface area (Å²) in [5, 5.41) is 6.33. The highest BCUT2D eigenvalue weighted by atomic mass is 19.4. The Morgan fingerprint density at radius 3 is 1.91 bits per heavy atom. The molecule has 1 amide bonds. The second-order valence-electron chi connectivity index (χ2n) is 7.62. The molecule has 5 nitrogen and oxygen atoms in total. The molecule has 0 fully saturated rings. The van der Waals surface area contributed by atoms with Gasteiger partial charge in [0.05, 0.1) is 16.8 Å². The fourth-order valence-electron chi connectivity index (χ4n) is 3.61. The van der Waals surface area contributed by atoms with E-state index in [4.69, 9.17) is 0 Å². The molecule has 0 aromatic heterocycles. The zero-order valence-electron chi connectivity index (χ0n) is 18.0. The SMILES string of the molecule is CNC(=O)c1ccc(C2=c3ccccc3=C(Nc3cc(C(F)(F)F)cc(C(F)(F)F)c3)NN2)cc1.[HH].[HH]. The zero-order valence-corrected chi connectivity index (χ0v) is 18.0. The van der Waals surface area contributed by atoms with Gasteiger partial charge in [-0.05, 0) is 30.3 Å². The molecular weight excluding hydrogens is 474 g/mol. The van der Waals surface area contributed by atoms with Crippen molar-refractivity contribution in [3.63, 3.8) is 0 Å². The van der Waals surface area contributed by atoms with Crippen LogP contribution in [0, 0.1) is 0 Å². The number of nitrogens with one attached hydrogen (secondary N) is 4. The minimum atomic E-state index is -4.96. The second-order valence-corrected chi connectivity index (χ2v) is 7.62. The fraction of sp³-hybridized carbons (Fsp3) is 0.125. The first-order chi connectivity index (χ1) is 16.5. The highest BCUT2D eigenvalue weighted by Crippen LogP contribution is 2.37. The minimum Gasteiger partial charge on any atom is -0.355 e. The second kappa shape index (κ2) is 8.90. The Labute approximate surface area is 198 Å². The number of alkyl halides is 6. The van der Waals surface area contributed by atoms with Crippen molar-refractivity contribution in [3.05, 3.63) is 99.4 Å². The number of benzene rings is 3. The monoisotopic (exact) mass is 496 g/mol. The Morgan fingerprint density at radius 2 is 1.37 bits per heavy atom. The molecule has 4 rings (SSSR count). The van der Waals surface area contributed by atoms with E-state index in [0.29, 0.717) is 39.4 Å². The summed E-state index contributed by atoms with van der Waals surface area (Å²) in [5.74, 6) is -0.0883. The molecular formula is C24H22F6N4O. The fourth-order valence-corrected chi connectivity index (χ4v) is 3.61. The summed E-state index contributed by atoms with van der Waals surface area (Å²) in [7, 11) is 1.51. The molecule has 1 heterocycles. The van der Waals surface area contributed by atoms with Crippen molar-refractivity contribution in [2.75, 3.05) is 12.4 Å². The molecule has 1 aliphatic rings. The lowest BCUT2D eigenvalue weighted by Crippen LogP contribution is -2.49. The van der Waals surface area contributed by atoms with Crippen molar-refractivity contribution in [1.82, 2.24) is 16.2 Å². The molecule has 0 spiro atoms. The third-order valence-electron chi connectivity index (χ3n) is 5.30. The lowest BCUT2D eigenvalue weighted by Gasteiger charge is -2.23. The average Bonchev–Trinajstić information content (AvgIpc) is 2.82. The van der Waals surface area contributed by atoms with Gasteiger partial charge in [0, 0.05) is 37.2 Å². The molecule has 0 unspecified atom stereocenters. The van der Waals surface area contributed by atoms with Crippen LogP contribution in [0.3, 0.4) is 0 Å². The van der Waals surface area contributed by atoms with Gasteiger partial charge < -0.3 is 10.6 Å². The molecule has 0 atom stereocenters. The summed E-state index contributed by atoms with van der Waals surface area (Å²) in [6.07, 6.45) is -9.92. The first-order valence-electron chi connectivity index (χ1n) is 10.2. The maximum Gasteiger partial charge on any atom is 0.416 e. The molecule has 3 aromatic rings. The van der Waals surface area contributed by atoms with E-state index in [9.17, 15) is 31.1 Å². The van der Waals surface area contributed by atoms with E-state index >= 15 is 0 Å². The molecule has 0 aliphatic carbocycles. The summed E-state index contributed by atoms with van der Waals surface area (Å²) in [6, 6.07) is 14.8. The van der Waals surface area contributed by atoms with Crippen molar-refractivity contribution in [1.29, 1.82) is 0 Å². The number of carbonyl (C=O) groups excluding carboxylic acids is 1. The van der Waals surface area contributed by atoms with Gasteiger partial charge in [-0.25, -0.2) is 0 Å². The number of amides is 1. The largest absolute Gasteiger partial charge is 0.416 e. The third kappa shape index (κ3) is 5.03. The van der Waals surface area contributed by atoms with Gasteiger partial charge in [-0.3, -0.25) is 15.6 Å². The molecule has 35 heavy (non-hydrogen) atoms. The molecule has 0 bridgehead atoms. The Balaban J connectivity index is 0.00000241. The van der Waals surface area contributed by atoms with E-state index in [1.54, 1.807) is 48.5 Å². The third-order valence-corrected chi connectivity index (χ3v) is 5.30. The standard InChI is InChI=1S/C24H18F6N4O.2H2/c1-31-22(35)14-8-6-13(7-9-14)20-18-4-2-3-5-19(18)21(34-33-20)32-17-11-15(23(25,26)27)10-16(12-17)24(28,29)30;;/h2-12,32-34H,1H3,(H,31,35);2*1H. The smallest absolute Gasteiger partial charge is 0.355 e. The number of hydrogen-bond acceptors (Lipinski definition) is 4. The van der Waals surface area contributed by atoms with Gasteiger partial charge in [0.2, 0.25) is 0 Å². The normalized spacial score (nSPS) is 13.5. The summed E-state index contributed by atoms with van der Waals surface area (Å²) >= 11 is 0. The van der Waals surface area contributed by atoms with E-state index in [-0.39, 0.29) is 26.3 Å². The number of halogens is 6. The van der Waals surface area contributed by atoms with E-state index in [1.807, 2.05) is 0 Å².